The average molecular weight is 190 g/mol. The van der Waals surface area contributed by atoms with Gasteiger partial charge in [0.15, 0.2) is 6.79 Å². The average Bonchev–Trinajstić information content (AvgIpc) is 2.19. The summed E-state index contributed by atoms with van der Waals surface area (Å²) < 4.78 is 0. The van der Waals surface area contributed by atoms with E-state index < -0.39 is 0 Å². The normalized spacial score (nSPS) is 11.5. The maximum absolute atomic E-state index is 5.34. The van der Waals surface area contributed by atoms with Crippen molar-refractivity contribution in [2.75, 3.05) is 33.0 Å². The van der Waals surface area contributed by atoms with E-state index in [4.69, 9.17) is 9.68 Å². The van der Waals surface area contributed by atoms with Gasteiger partial charge in [-0.3, -0.25) is 9.68 Å². The zero-order valence-corrected chi connectivity index (χ0v) is 9.25. The van der Waals surface area contributed by atoms with Crippen LogP contribution >= 0.6 is 0 Å². The Hall–Kier alpha value is -0.160. The quantitative estimate of drug-likeness (QED) is 0.427. The highest BCUT2D eigenvalue weighted by atomic mass is 16.8. The molecule has 0 aliphatic carbocycles. The number of rotatable bonds is 8. The molecule has 0 spiro atoms. The molecule has 0 saturated heterocycles. The van der Waals surface area contributed by atoms with Crippen molar-refractivity contribution in [1.29, 1.82) is 0 Å². The lowest BCUT2D eigenvalue weighted by atomic mass is 10.6. The molecule has 0 rings (SSSR count). The van der Waals surface area contributed by atoms with Crippen molar-refractivity contribution in [3.63, 3.8) is 0 Å². The summed E-state index contributed by atoms with van der Waals surface area (Å²) in [6.45, 7) is 12.1. The van der Waals surface area contributed by atoms with Crippen molar-refractivity contribution in [1.82, 2.24) is 10.1 Å². The molecular weight excluding hydrogens is 168 g/mol. The number of hydroxylamine groups is 4. The fourth-order valence-corrected chi connectivity index (χ4v) is 0.985. The Labute approximate surface area is 81.3 Å². The molecule has 0 atom stereocenters. The Bertz CT molecular complexity index is 91.8. The van der Waals surface area contributed by atoms with E-state index in [1.54, 1.807) is 0 Å². The highest BCUT2D eigenvalue weighted by molar-refractivity contribution is 4.33. The molecule has 4 heteroatoms. The van der Waals surface area contributed by atoms with Crippen LogP contribution in [-0.4, -0.2) is 43.1 Å². The first-order valence-corrected chi connectivity index (χ1v) is 5.04. The summed E-state index contributed by atoms with van der Waals surface area (Å²) in [6, 6.07) is 0. The van der Waals surface area contributed by atoms with Crippen molar-refractivity contribution in [3.8, 4) is 0 Å². The molecule has 0 aliphatic rings. The van der Waals surface area contributed by atoms with Crippen LogP contribution in [0.4, 0.5) is 0 Å². The number of nitrogens with zero attached hydrogens (tertiary/aromatic N) is 2. The Morgan fingerprint density at radius 1 is 0.692 bits per heavy atom. The predicted molar refractivity (Wildman–Crippen MR) is 52.9 cm³/mol. The monoisotopic (exact) mass is 190 g/mol. The van der Waals surface area contributed by atoms with E-state index in [9.17, 15) is 0 Å². The Morgan fingerprint density at radius 2 is 1.00 bits per heavy atom. The van der Waals surface area contributed by atoms with Crippen molar-refractivity contribution < 1.29 is 9.68 Å². The molecule has 0 bridgehead atoms. The van der Waals surface area contributed by atoms with Crippen LogP contribution < -0.4 is 0 Å². The van der Waals surface area contributed by atoms with E-state index in [0.717, 1.165) is 26.2 Å². The van der Waals surface area contributed by atoms with Crippen LogP contribution in [0.2, 0.25) is 0 Å². The minimum absolute atomic E-state index is 0.309. The molecule has 0 saturated carbocycles. The Morgan fingerprint density at radius 3 is 1.23 bits per heavy atom. The fourth-order valence-electron chi connectivity index (χ4n) is 0.985. The molecule has 0 aromatic rings. The lowest BCUT2D eigenvalue weighted by Gasteiger charge is -2.21. The Kier molecular flexibility index (Phi) is 8.33. The maximum Gasteiger partial charge on any atom is 0.187 e. The maximum atomic E-state index is 5.34. The molecule has 0 radical (unpaired) electrons. The molecule has 0 aromatic carbocycles. The van der Waals surface area contributed by atoms with Gasteiger partial charge in [0, 0.05) is 26.2 Å². The zero-order chi connectivity index (χ0) is 10.1. The molecule has 0 heterocycles. The topological polar surface area (TPSA) is 24.9 Å². The standard InChI is InChI=1S/C9H22N2O2/c1-5-10(6-2)12-9-13-11(7-3)8-4/h5-9H2,1-4H3. The van der Waals surface area contributed by atoms with Crippen molar-refractivity contribution in [2.24, 2.45) is 0 Å². The van der Waals surface area contributed by atoms with Gasteiger partial charge in [-0.25, -0.2) is 0 Å². The third-order valence-corrected chi connectivity index (χ3v) is 1.88. The SMILES string of the molecule is CCN(CC)OCON(CC)CC. The van der Waals surface area contributed by atoms with Gasteiger partial charge in [-0.15, -0.1) is 0 Å². The molecule has 0 N–H and O–H groups in total. The van der Waals surface area contributed by atoms with Crippen molar-refractivity contribution in [2.45, 2.75) is 27.7 Å². The Balaban J connectivity index is 3.41. The lowest BCUT2D eigenvalue weighted by Crippen LogP contribution is -2.29. The summed E-state index contributed by atoms with van der Waals surface area (Å²) in [6.07, 6.45) is 0. The van der Waals surface area contributed by atoms with Crippen LogP contribution in [-0.2, 0) is 9.68 Å². The van der Waals surface area contributed by atoms with Crippen molar-refractivity contribution in [3.05, 3.63) is 0 Å². The predicted octanol–water partition coefficient (Wildman–Crippen LogP) is 1.49. The van der Waals surface area contributed by atoms with Gasteiger partial charge in [-0.1, -0.05) is 27.7 Å². The van der Waals surface area contributed by atoms with Gasteiger partial charge in [-0.2, -0.15) is 10.1 Å². The van der Waals surface area contributed by atoms with Crippen LogP contribution in [0.25, 0.3) is 0 Å². The number of hydrogen-bond donors (Lipinski definition) is 0. The molecule has 0 fully saturated rings. The van der Waals surface area contributed by atoms with Crippen molar-refractivity contribution >= 4 is 0 Å². The summed E-state index contributed by atoms with van der Waals surface area (Å²) in [5, 5.41) is 3.73. The highest BCUT2D eigenvalue weighted by Gasteiger charge is 2.01. The van der Waals surface area contributed by atoms with Gasteiger partial charge in [0.1, 0.15) is 0 Å². The van der Waals surface area contributed by atoms with Crippen LogP contribution in [0.1, 0.15) is 27.7 Å². The van der Waals surface area contributed by atoms with E-state index in [1.165, 1.54) is 0 Å². The molecule has 0 unspecified atom stereocenters. The van der Waals surface area contributed by atoms with Crippen LogP contribution in [0.5, 0.6) is 0 Å². The first-order chi connectivity index (χ1) is 6.28. The molecule has 0 aromatic heterocycles. The van der Waals surface area contributed by atoms with E-state index >= 15 is 0 Å². The first-order valence-electron chi connectivity index (χ1n) is 5.04. The summed E-state index contributed by atoms with van der Waals surface area (Å²) in [5.74, 6) is 0. The van der Waals surface area contributed by atoms with Crippen LogP contribution in [0.15, 0.2) is 0 Å². The minimum Gasteiger partial charge on any atom is -0.269 e. The molecule has 0 amide bonds. The molecular formula is C9H22N2O2. The summed E-state index contributed by atoms with van der Waals surface area (Å²) in [4.78, 5) is 10.7. The van der Waals surface area contributed by atoms with E-state index in [0.29, 0.717) is 6.79 Å². The fraction of sp³-hybridized carbons (Fsp3) is 1.00. The van der Waals surface area contributed by atoms with Gasteiger partial charge < -0.3 is 0 Å². The third kappa shape index (κ3) is 5.99. The second-order valence-electron chi connectivity index (χ2n) is 2.60. The number of hydrogen-bond acceptors (Lipinski definition) is 4. The van der Waals surface area contributed by atoms with E-state index in [1.807, 2.05) is 10.1 Å². The van der Waals surface area contributed by atoms with Gasteiger partial charge in [0.25, 0.3) is 0 Å². The summed E-state index contributed by atoms with van der Waals surface area (Å²) >= 11 is 0. The highest BCUT2D eigenvalue weighted by Crippen LogP contribution is 1.93. The van der Waals surface area contributed by atoms with E-state index in [-0.39, 0.29) is 0 Å². The first kappa shape index (κ1) is 12.8. The second kappa shape index (κ2) is 8.44. The summed E-state index contributed by atoms with van der Waals surface area (Å²) in [7, 11) is 0. The van der Waals surface area contributed by atoms with Gasteiger partial charge in [0.2, 0.25) is 0 Å². The van der Waals surface area contributed by atoms with Crippen LogP contribution in [0, 0.1) is 0 Å². The van der Waals surface area contributed by atoms with E-state index in [2.05, 4.69) is 27.7 Å². The van der Waals surface area contributed by atoms with Crippen LogP contribution in [0.3, 0.4) is 0 Å². The van der Waals surface area contributed by atoms with Gasteiger partial charge in [0.05, 0.1) is 0 Å². The molecule has 4 nitrogen and oxygen atoms in total. The third-order valence-electron chi connectivity index (χ3n) is 1.88. The minimum atomic E-state index is 0.309. The molecule has 13 heavy (non-hydrogen) atoms. The second-order valence-corrected chi connectivity index (χ2v) is 2.60. The smallest absolute Gasteiger partial charge is 0.187 e. The largest absolute Gasteiger partial charge is 0.269 e. The lowest BCUT2D eigenvalue weighted by molar-refractivity contribution is -0.291. The summed E-state index contributed by atoms with van der Waals surface area (Å²) in [5.41, 5.74) is 0. The van der Waals surface area contributed by atoms with Gasteiger partial charge >= 0.3 is 0 Å². The molecule has 80 valence electrons. The molecule has 0 aliphatic heterocycles. The van der Waals surface area contributed by atoms with Gasteiger partial charge in [-0.05, 0) is 0 Å². The zero-order valence-electron chi connectivity index (χ0n) is 9.25.